The van der Waals surface area contributed by atoms with Gasteiger partial charge in [-0.15, -0.1) is 10.2 Å². The fourth-order valence-electron chi connectivity index (χ4n) is 3.23. The Morgan fingerprint density at radius 1 is 1.06 bits per heavy atom. The summed E-state index contributed by atoms with van der Waals surface area (Å²) in [6.07, 6.45) is 1.28. The van der Waals surface area contributed by atoms with Gasteiger partial charge in [0.1, 0.15) is 5.82 Å². The van der Waals surface area contributed by atoms with E-state index in [1.807, 2.05) is 66.1 Å². The molecule has 7 nitrogen and oxygen atoms in total. The third-order valence-electron chi connectivity index (χ3n) is 5.15. The second kappa shape index (κ2) is 11.4. The van der Waals surface area contributed by atoms with E-state index < -0.39 is 11.1 Å². The smallest absolute Gasteiger partial charge is 0.253 e. The van der Waals surface area contributed by atoms with Crippen LogP contribution in [0.2, 0.25) is 0 Å². The summed E-state index contributed by atoms with van der Waals surface area (Å²) in [5.41, 5.74) is 5.82. The number of nitrogens with zero attached hydrogens (tertiary/aromatic N) is 4. The fraction of sp³-hybridized carbons (Fsp3) is 0.154. The highest BCUT2D eigenvalue weighted by molar-refractivity contribution is 8.00. The van der Waals surface area contributed by atoms with Gasteiger partial charge in [0.25, 0.3) is 5.91 Å². The van der Waals surface area contributed by atoms with Crippen LogP contribution in [-0.4, -0.2) is 32.1 Å². The van der Waals surface area contributed by atoms with Crippen molar-refractivity contribution in [2.45, 2.75) is 30.8 Å². The average molecular weight is 489 g/mol. The lowest BCUT2D eigenvalue weighted by atomic mass is 10.2. The van der Waals surface area contributed by atoms with Gasteiger partial charge >= 0.3 is 0 Å². The summed E-state index contributed by atoms with van der Waals surface area (Å²) in [4.78, 5) is 12.6. The van der Waals surface area contributed by atoms with Crippen LogP contribution in [0.5, 0.6) is 0 Å². The van der Waals surface area contributed by atoms with Crippen LogP contribution in [0.1, 0.15) is 23.9 Å². The Morgan fingerprint density at radius 2 is 1.77 bits per heavy atom. The highest BCUT2D eigenvalue weighted by atomic mass is 32.2. The molecule has 0 aliphatic carbocycles. The molecule has 0 saturated carbocycles. The lowest BCUT2D eigenvalue weighted by molar-refractivity contribution is -0.120. The zero-order chi connectivity index (χ0) is 24.6. The van der Waals surface area contributed by atoms with Crippen molar-refractivity contribution in [2.75, 3.05) is 5.32 Å². The van der Waals surface area contributed by atoms with Crippen molar-refractivity contribution in [3.8, 4) is 5.69 Å². The van der Waals surface area contributed by atoms with E-state index in [2.05, 4.69) is 26.0 Å². The molecule has 0 aliphatic heterocycles. The number of carbonyl (C=O) groups excluding carboxylic acids is 1. The number of carbonyl (C=O) groups is 1. The van der Waals surface area contributed by atoms with E-state index in [9.17, 15) is 9.18 Å². The second-order valence-electron chi connectivity index (χ2n) is 7.81. The van der Waals surface area contributed by atoms with Crippen LogP contribution in [-0.2, 0) is 11.3 Å². The molecule has 35 heavy (non-hydrogen) atoms. The van der Waals surface area contributed by atoms with Gasteiger partial charge in [0.2, 0.25) is 0 Å². The maximum atomic E-state index is 13.7. The largest absolute Gasteiger partial charge is 0.378 e. The van der Waals surface area contributed by atoms with E-state index in [-0.39, 0.29) is 5.91 Å². The van der Waals surface area contributed by atoms with Gasteiger partial charge in [-0.25, -0.2) is 9.82 Å². The summed E-state index contributed by atoms with van der Waals surface area (Å²) in [7, 11) is 0. The number of rotatable bonds is 9. The Bertz CT molecular complexity index is 1310. The van der Waals surface area contributed by atoms with Crippen molar-refractivity contribution >= 4 is 29.6 Å². The van der Waals surface area contributed by atoms with Gasteiger partial charge in [-0.1, -0.05) is 65.9 Å². The van der Waals surface area contributed by atoms with Crippen LogP contribution in [0.3, 0.4) is 0 Å². The monoisotopic (exact) mass is 488 g/mol. The average Bonchev–Trinajstić information content (AvgIpc) is 3.27. The van der Waals surface area contributed by atoms with Crippen LogP contribution in [0.15, 0.2) is 89.1 Å². The Hall–Kier alpha value is -3.98. The second-order valence-corrected chi connectivity index (χ2v) is 9.11. The SMILES string of the molecule is Cc1ccc(NCc2nnc(S[C@H](C)C(=O)N/N=C\c3ccccc3F)n2-c2ccccc2)cc1. The minimum Gasteiger partial charge on any atom is -0.378 e. The molecule has 3 aromatic carbocycles. The lowest BCUT2D eigenvalue weighted by Gasteiger charge is -2.13. The maximum absolute atomic E-state index is 13.7. The minimum atomic E-state index is -0.516. The molecule has 0 saturated heterocycles. The van der Waals surface area contributed by atoms with Gasteiger partial charge in [0.15, 0.2) is 11.0 Å². The van der Waals surface area contributed by atoms with Crippen LogP contribution < -0.4 is 10.7 Å². The van der Waals surface area contributed by atoms with Crippen LogP contribution in [0.25, 0.3) is 5.69 Å². The highest BCUT2D eigenvalue weighted by Gasteiger charge is 2.21. The van der Waals surface area contributed by atoms with E-state index in [0.717, 1.165) is 11.4 Å². The number of anilines is 1. The maximum Gasteiger partial charge on any atom is 0.253 e. The number of hydrogen-bond donors (Lipinski definition) is 2. The normalized spacial score (nSPS) is 12.0. The molecule has 1 heterocycles. The Morgan fingerprint density at radius 3 is 2.51 bits per heavy atom. The molecule has 1 atom stereocenters. The Balaban J connectivity index is 1.47. The summed E-state index contributed by atoms with van der Waals surface area (Å²) < 4.78 is 15.7. The zero-order valence-corrected chi connectivity index (χ0v) is 20.2. The summed E-state index contributed by atoms with van der Waals surface area (Å²) in [6, 6.07) is 24.1. The first-order valence-corrected chi connectivity index (χ1v) is 11.9. The van der Waals surface area contributed by atoms with Gasteiger partial charge in [0, 0.05) is 16.9 Å². The molecule has 1 aromatic heterocycles. The molecular formula is C26H25FN6OS. The number of nitrogens with one attached hydrogen (secondary N) is 2. The Kier molecular flexibility index (Phi) is 7.89. The summed E-state index contributed by atoms with van der Waals surface area (Å²) in [5, 5.41) is 16.1. The molecule has 0 spiro atoms. The van der Waals surface area contributed by atoms with Crippen molar-refractivity contribution in [1.82, 2.24) is 20.2 Å². The summed E-state index contributed by atoms with van der Waals surface area (Å²) in [6.45, 7) is 4.26. The molecule has 0 bridgehead atoms. The number of aromatic nitrogens is 3. The first-order chi connectivity index (χ1) is 17.0. The highest BCUT2D eigenvalue weighted by Crippen LogP contribution is 2.26. The number of thioether (sulfide) groups is 1. The van der Waals surface area contributed by atoms with Gasteiger partial charge in [-0.05, 0) is 44.2 Å². The van der Waals surface area contributed by atoms with Gasteiger partial charge < -0.3 is 5.32 Å². The molecule has 0 aliphatic rings. The third-order valence-corrected chi connectivity index (χ3v) is 6.19. The van der Waals surface area contributed by atoms with E-state index in [1.54, 1.807) is 25.1 Å². The quantitative estimate of drug-likeness (QED) is 0.198. The molecule has 1 amide bonds. The number of halogens is 1. The Labute approximate surface area is 207 Å². The molecule has 0 unspecified atom stereocenters. The standard InChI is InChI=1S/C26H25FN6OS/c1-18-12-14-21(15-13-18)28-17-24-30-32-26(33(24)22-9-4-3-5-10-22)35-19(2)25(34)31-29-16-20-8-6-7-11-23(20)27/h3-16,19,28H,17H2,1-2H3,(H,31,34)/b29-16-/t19-/m1/s1. The van der Waals surface area contributed by atoms with Crippen LogP contribution in [0.4, 0.5) is 10.1 Å². The van der Waals surface area contributed by atoms with Crippen LogP contribution >= 0.6 is 11.8 Å². The summed E-state index contributed by atoms with van der Waals surface area (Å²) >= 11 is 1.27. The number of amides is 1. The molecule has 4 rings (SSSR count). The summed E-state index contributed by atoms with van der Waals surface area (Å²) in [5.74, 6) is -0.0235. The number of aryl methyl sites for hydroxylation is 1. The van der Waals surface area contributed by atoms with E-state index in [4.69, 9.17) is 0 Å². The first kappa shape index (κ1) is 24.2. The number of hydrogen-bond acceptors (Lipinski definition) is 6. The van der Waals surface area contributed by atoms with E-state index >= 15 is 0 Å². The third kappa shape index (κ3) is 6.33. The fourth-order valence-corrected chi connectivity index (χ4v) is 4.11. The van der Waals surface area contributed by atoms with Crippen molar-refractivity contribution in [1.29, 1.82) is 0 Å². The van der Waals surface area contributed by atoms with Crippen LogP contribution in [0, 0.1) is 12.7 Å². The van der Waals surface area contributed by atoms with Gasteiger partial charge in [-0.3, -0.25) is 9.36 Å². The molecule has 4 aromatic rings. The van der Waals surface area contributed by atoms with Crippen molar-refractivity contribution in [3.05, 3.63) is 102 Å². The predicted octanol–water partition coefficient (Wildman–Crippen LogP) is 4.96. The lowest BCUT2D eigenvalue weighted by Crippen LogP contribution is -2.27. The van der Waals surface area contributed by atoms with E-state index in [0.29, 0.717) is 23.1 Å². The van der Waals surface area contributed by atoms with Crippen molar-refractivity contribution in [2.24, 2.45) is 5.10 Å². The van der Waals surface area contributed by atoms with Crippen molar-refractivity contribution in [3.63, 3.8) is 0 Å². The molecule has 178 valence electrons. The predicted molar refractivity (Wildman–Crippen MR) is 137 cm³/mol. The van der Waals surface area contributed by atoms with Gasteiger partial charge in [-0.2, -0.15) is 5.10 Å². The number of para-hydroxylation sites is 1. The molecule has 0 radical (unpaired) electrons. The van der Waals surface area contributed by atoms with E-state index in [1.165, 1.54) is 29.6 Å². The number of hydrazone groups is 1. The minimum absolute atomic E-state index is 0.294. The first-order valence-electron chi connectivity index (χ1n) is 11.1. The van der Waals surface area contributed by atoms with Gasteiger partial charge in [0.05, 0.1) is 18.0 Å². The molecule has 9 heteroatoms. The molecule has 2 N–H and O–H groups in total. The zero-order valence-electron chi connectivity index (χ0n) is 19.4. The molecule has 0 fully saturated rings. The van der Waals surface area contributed by atoms with Crippen molar-refractivity contribution < 1.29 is 9.18 Å². The number of benzene rings is 3. The topological polar surface area (TPSA) is 84.2 Å². The molecular weight excluding hydrogens is 463 g/mol.